The minimum Gasteiger partial charge on any atom is -0.496 e. The average molecular weight is 343 g/mol. The van der Waals surface area contributed by atoms with Gasteiger partial charge in [0.1, 0.15) is 11.6 Å². The Morgan fingerprint density at radius 2 is 2.05 bits per heavy atom. The van der Waals surface area contributed by atoms with Gasteiger partial charge in [-0.2, -0.15) is 11.3 Å². The van der Waals surface area contributed by atoms with E-state index in [4.69, 9.17) is 4.74 Å². The molecule has 2 aromatic rings. The van der Waals surface area contributed by atoms with Crippen molar-refractivity contribution in [3.05, 3.63) is 52.0 Å². The van der Waals surface area contributed by atoms with Gasteiger partial charge in [-0.05, 0) is 28.5 Å². The molecular weight excluding hydrogens is 323 g/mol. The van der Waals surface area contributed by atoms with Crippen molar-refractivity contribution in [2.75, 3.05) is 33.3 Å². The summed E-state index contributed by atoms with van der Waals surface area (Å²) in [5.74, 6) is 0.352. The van der Waals surface area contributed by atoms with Crippen molar-refractivity contribution in [2.45, 2.75) is 6.04 Å². The zero-order chi connectivity index (χ0) is 14.7. The first-order valence-corrected chi connectivity index (χ1v) is 8.04. The first-order valence-electron chi connectivity index (χ1n) is 7.10. The van der Waals surface area contributed by atoms with Crippen LogP contribution in [0.5, 0.6) is 5.75 Å². The van der Waals surface area contributed by atoms with Crippen molar-refractivity contribution in [3.63, 3.8) is 0 Å². The Labute approximate surface area is 140 Å². The third kappa shape index (κ3) is 3.60. The molecule has 0 radical (unpaired) electrons. The lowest BCUT2D eigenvalue weighted by Crippen LogP contribution is -2.45. The Kier molecular flexibility index (Phi) is 6.20. The number of nitrogens with zero attached hydrogens (tertiary/aromatic N) is 1. The zero-order valence-electron chi connectivity index (χ0n) is 12.4. The SMILES string of the molecule is COc1cc(F)ccc1[C@@H](c1ccsc1)N1CCNCC1.Cl. The van der Waals surface area contributed by atoms with Crippen molar-refractivity contribution in [3.8, 4) is 5.75 Å². The van der Waals surface area contributed by atoms with Gasteiger partial charge in [-0.1, -0.05) is 6.07 Å². The van der Waals surface area contributed by atoms with Gasteiger partial charge in [0.05, 0.1) is 13.2 Å². The van der Waals surface area contributed by atoms with E-state index in [0.29, 0.717) is 5.75 Å². The summed E-state index contributed by atoms with van der Waals surface area (Å²) in [6.07, 6.45) is 0. The Hall–Kier alpha value is -1.14. The van der Waals surface area contributed by atoms with E-state index in [9.17, 15) is 4.39 Å². The zero-order valence-corrected chi connectivity index (χ0v) is 14.1. The van der Waals surface area contributed by atoms with Gasteiger partial charge in [0.2, 0.25) is 0 Å². The van der Waals surface area contributed by atoms with E-state index in [2.05, 4.69) is 27.0 Å². The predicted molar refractivity (Wildman–Crippen MR) is 90.8 cm³/mol. The molecule has 0 unspecified atom stereocenters. The van der Waals surface area contributed by atoms with Crippen LogP contribution in [-0.4, -0.2) is 38.2 Å². The fourth-order valence-corrected chi connectivity index (χ4v) is 3.55. The van der Waals surface area contributed by atoms with Crippen molar-refractivity contribution < 1.29 is 9.13 Å². The maximum Gasteiger partial charge on any atom is 0.126 e. The first-order chi connectivity index (χ1) is 10.3. The lowest BCUT2D eigenvalue weighted by Gasteiger charge is -2.35. The molecular formula is C16H20ClFN2OS. The van der Waals surface area contributed by atoms with Crippen LogP contribution in [0.2, 0.25) is 0 Å². The van der Waals surface area contributed by atoms with Crippen LogP contribution in [0.3, 0.4) is 0 Å². The number of halogens is 2. The van der Waals surface area contributed by atoms with E-state index in [0.717, 1.165) is 31.7 Å². The Morgan fingerprint density at radius 1 is 1.27 bits per heavy atom. The van der Waals surface area contributed by atoms with E-state index in [1.807, 2.05) is 6.07 Å². The van der Waals surface area contributed by atoms with Crippen LogP contribution in [0.1, 0.15) is 17.2 Å². The maximum absolute atomic E-state index is 13.5. The van der Waals surface area contributed by atoms with Crippen LogP contribution in [0, 0.1) is 5.82 Å². The fraction of sp³-hybridized carbons (Fsp3) is 0.375. The molecule has 1 aromatic carbocycles. The summed E-state index contributed by atoms with van der Waals surface area (Å²) in [5, 5.41) is 7.62. The van der Waals surface area contributed by atoms with Crippen molar-refractivity contribution in [1.82, 2.24) is 10.2 Å². The Balaban J connectivity index is 0.00000176. The lowest BCUT2D eigenvalue weighted by atomic mass is 9.97. The molecule has 0 amide bonds. The second-order valence-electron chi connectivity index (χ2n) is 5.13. The molecule has 3 rings (SSSR count). The molecule has 1 saturated heterocycles. The standard InChI is InChI=1S/C16H19FN2OS.ClH/c1-20-15-10-13(17)2-3-14(15)16(12-4-9-21-11-12)19-7-5-18-6-8-19;/h2-4,9-11,16,18H,5-8H2,1H3;1H/t16-;/m1./s1. The number of hydrogen-bond donors (Lipinski definition) is 1. The third-order valence-electron chi connectivity index (χ3n) is 3.87. The molecule has 6 heteroatoms. The summed E-state index contributed by atoms with van der Waals surface area (Å²) in [5.41, 5.74) is 2.27. The highest BCUT2D eigenvalue weighted by molar-refractivity contribution is 7.08. The number of piperazine rings is 1. The number of methoxy groups -OCH3 is 1. The normalized spacial score (nSPS) is 16.8. The molecule has 1 aliphatic rings. The van der Waals surface area contributed by atoms with Crippen molar-refractivity contribution in [2.24, 2.45) is 0 Å². The van der Waals surface area contributed by atoms with Crippen LogP contribution in [0.25, 0.3) is 0 Å². The van der Waals surface area contributed by atoms with Gasteiger partial charge in [-0.25, -0.2) is 4.39 Å². The van der Waals surface area contributed by atoms with Crippen molar-refractivity contribution >= 4 is 23.7 Å². The second-order valence-corrected chi connectivity index (χ2v) is 5.91. The minimum atomic E-state index is -0.264. The largest absolute Gasteiger partial charge is 0.496 e. The summed E-state index contributed by atoms with van der Waals surface area (Å²) in [6.45, 7) is 3.90. The van der Waals surface area contributed by atoms with Crippen LogP contribution in [0.4, 0.5) is 4.39 Å². The number of benzene rings is 1. The van der Waals surface area contributed by atoms with Gasteiger partial charge in [0, 0.05) is 37.8 Å². The number of ether oxygens (including phenoxy) is 1. The average Bonchev–Trinajstić information content (AvgIpc) is 3.04. The molecule has 0 spiro atoms. The van der Waals surface area contributed by atoms with E-state index < -0.39 is 0 Å². The number of rotatable bonds is 4. The summed E-state index contributed by atoms with van der Waals surface area (Å²) < 4.78 is 18.9. The molecule has 1 N–H and O–H groups in total. The van der Waals surface area contributed by atoms with E-state index in [-0.39, 0.29) is 24.3 Å². The summed E-state index contributed by atoms with van der Waals surface area (Å²) in [6, 6.07) is 7.09. The highest BCUT2D eigenvalue weighted by Crippen LogP contribution is 2.36. The molecule has 0 saturated carbocycles. The van der Waals surface area contributed by atoms with Crippen LogP contribution >= 0.6 is 23.7 Å². The minimum absolute atomic E-state index is 0. The van der Waals surface area contributed by atoms with Gasteiger partial charge in [0.15, 0.2) is 0 Å². The topological polar surface area (TPSA) is 24.5 Å². The summed E-state index contributed by atoms with van der Waals surface area (Å²) in [4.78, 5) is 2.42. The molecule has 0 bridgehead atoms. The molecule has 22 heavy (non-hydrogen) atoms. The van der Waals surface area contributed by atoms with Crippen LogP contribution in [-0.2, 0) is 0 Å². The number of hydrogen-bond acceptors (Lipinski definition) is 4. The van der Waals surface area contributed by atoms with Gasteiger partial charge in [0.25, 0.3) is 0 Å². The fourth-order valence-electron chi connectivity index (χ4n) is 2.87. The van der Waals surface area contributed by atoms with Gasteiger partial charge < -0.3 is 10.1 Å². The molecule has 1 aromatic heterocycles. The van der Waals surface area contributed by atoms with E-state index in [1.165, 1.54) is 17.7 Å². The highest BCUT2D eigenvalue weighted by atomic mass is 35.5. The van der Waals surface area contributed by atoms with E-state index in [1.54, 1.807) is 18.4 Å². The van der Waals surface area contributed by atoms with E-state index >= 15 is 0 Å². The number of nitrogens with one attached hydrogen (secondary N) is 1. The molecule has 3 nitrogen and oxygen atoms in total. The predicted octanol–water partition coefficient (Wildman–Crippen LogP) is 3.31. The first kappa shape index (κ1) is 17.2. The molecule has 1 fully saturated rings. The second kappa shape index (κ2) is 7.92. The number of thiophene rings is 1. The molecule has 2 heterocycles. The van der Waals surface area contributed by atoms with Gasteiger partial charge >= 0.3 is 0 Å². The lowest BCUT2D eigenvalue weighted by molar-refractivity contribution is 0.195. The van der Waals surface area contributed by atoms with Crippen molar-refractivity contribution in [1.29, 1.82) is 0 Å². The smallest absolute Gasteiger partial charge is 0.126 e. The molecule has 0 aliphatic carbocycles. The Morgan fingerprint density at radius 3 is 2.68 bits per heavy atom. The maximum atomic E-state index is 13.5. The Bertz CT molecular complexity index is 588. The quantitative estimate of drug-likeness (QED) is 0.922. The highest BCUT2D eigenvalue weighted by Gasteiger charge is 2.26. The summed E-state index contributed by atoms with van der Waals surface area (Å²) in [7, 11) is 1.60. The third-order valence-corrected chi connectivity index (χ3v) is 4.57. The molecule has 120 valence electrons. The molecule has 1 atom stereocenters. The van der Waals surface area contributed by atoms with Gasteiger partial charge in [-0.15, -0.1) is 12.4 Å². The van der Waals surface area contributed by atoms with Gasteiger partial charge in [-0.3, -0.25) is 4.90 Å². The summed E-state index contributed by atoms with van der Waals surface area (Å²) >= 11 is 1.69. The molecule has 1 aliphatic heterocycles. The van der Waals surface area contributed by atoms with Crippen LogP contribution in [0.15, 0.2) is 35.0 Å². The monoisotopic (exact) mass is 342 g/mol. The van der Waals surface area contributed by atoms with Crippen LogP contribution < -0.4 is 10.1 Å².